The largest absolute Gasteiger partial charge is 0.386 e. The molecule has 122 valence electrons. The van der Waals surface area contributed by atoms with Crippen LogP contribution in [-0.2, 0) is 9.63 Å². The molecule has 0 aliphatic heterocycles. The molecule has 22 heavy (non-hydrogen) atoms. The van der Waals surface area contributed by atoms with Crippen LogP contribution in [0.25, 0.3) is 0 Å². The average molecular weight is 354 g/mol. The molecule has 0 unspecified atom stereocenters. The van der Waals surface area contributed by atoms with Gasteiger partial charge in [-0.05, 0) is 17.7 Å². The van der Waals surface area contributed by atoms with Gasteiger partial charge in [0.15, 0.2) is 4.84 Å². The summed E-state index contributed by atoms with van der Waals surface area (Å²) in [5.74, 6) is -0.768. The first-order valence-electron chi connectivity index (χ1n) is 5.88. The van der Waals surface area contributed by atoms with Gasteiger partial charge in [0.2, 0.25) is 0 Å². The number of benzene rings is 1. The maximum absolute atomic E-state index is 11.5. The third-order valence-corrected chi connectivity index (χ3v) is 3.08. The van der Waals surface area contributed by atoms with Gasteiger partial charge in [0.1, 0.15) is 6.10 Å². The standard InChI is InChI=1S/C11H13Cl2N3O6/c12-10(13)11(18)14-8(5-22-15-19)9(17)6-1-3-7(4-2-6)16(20)21/h1-4,8-10,15,17,19H,5H2,(H,14,18)/t8-,9-/m1/s1. The lowest BCUT2D eigenvalue weighted by molar-refractivity contribution is -0.384. The Kier molecular flexibility index (Phi) is 7.45. The molecule has 0 bridgehead atoms. The number of aliphatic hydroxyl groups is 1. The highest BCUT2D eigenvalue weighted by Crippen LogP contribution is 2.21. The number of nitrogens with zero attached hydrogens (tertiary/aromatic N) is 1. The fraction of sp³-hybridized carbons (Fsp3) is 0.364. The smallest absolute Gasteiger partial charge is 0.269 e. The van der Waals surface area contributed by atoms with Crippen molar-refractivity contribution in [3.05, 3.63) is 39.9 Å². The molecule has 1 rings (SSSR count). The molecule has 0 fully saturated rings. The Labute approximate surface area is 134 Å². The zero-order valence-electron chi connectivity index (χ0n) is 11.0. The van der Waals surface area contributed by atoms with E-state index in [-0.39, 0.29) is 17.9 Å². The summed E-state index contributed by atoms with van der Waals surface area (Å²) in [4.78, 5) is 24.6. The molecule has 0 heterocycles. The molecule has 2 atom stereocenters. The lowest BCUT2D eigenvalue weighted by Gasteiger charge is -2.24. The van der Waals surface area contributed by atoms with E-state index in [1.807, 2.05) is 0 Å². The van der Waals surface area contributed by atoms with Crippen molar-refractivity contribution in [3.8, 4) is 0 Å². The number of carbonyl (C=O) groups is 1. The van der Waals surface area contributed by atoms with Crippen molar-refractivity contribution in [1.29, 1.82) is 0 Å². The maximum Gasteiger partial charge on any atom is 0.269 e. The Morgan fingerprint density at radius 3 is 2.41 bits per heavy atom. The van der Waals surface area contributed by atoms with Gasteiger partial charge in [-0.15, -0.1) is 0 Å². The molecule has 1 amide bonds. The second kappa shape index (κ2) is 8.83. The quantitative estimate of drug-likeness (QED) is 0.309. The van der Waals surface area contributed by atoms with E-state index >= 15 is 0 Å². The minimum absolute atomic E-state index is 0.147. The van der Waals surface area contributed by atoms with Crippen LogP contribution < -0.4 is 11.0 Å². The minimum atomic E-state index is -1.35. The minimum Gasteiger partial charge on any atom is -0.386 e. The van der Waals surface area contributed by atoms with Gasteiger partial charge in [-0.3, -0.25) is 25.0 Å². The number of rotatable bonds is 8. The summed E-state index contributed by atoms with van der Waals surface area (Å²) in [7, 11) is 0. The predicted octanol–water partition coefficient (Wildman–Crippen LogP) is 0.827. The van der Waals surface area contributed by atoms with Crippen molar-refractivity contribution in [2.24, 2.45) is 0 Å². The Morgan fingerprint density at radius 1 is 1.36 bits per heavy atom. The number of nitro groups is 1. The van der Waals surface area contributed by atoms with Gasteiger partial charge in [-0.25, -0.2) is 0 Å². The normalized spacial score (nSPS) is 13.7. The number of nitro benzene ring substituents is 1. The number of amides is 1. The van der Waals surface area contributed by atoms with Gasteiger partial charge in [0.05, 0.1) is 17.6 Å². The highest BCUT2D eigenvalue weighted by atomic mass is 35.5. The lowest BCUT2D eigenvalue weighted by atomic mass is 10.0. The lowest BCUT2D eigenvalue weighted by Crippen LogP contribution is -2.45. The number of non-ortho nitro benzene ring substituents is 1. The van der Waals surface area contributed by atoms with Crippen molar-refractivity contribution >= 4 is 34.8 Å². The van der Waals surface area contributed by atoms with Crippen molar-refractivity contribution < 1.29 is 24.9 Å². The molecule has 0 saturated heterocycles. The van der Waals surface area contributed by atoms with Crippen molar-refractivity contribution in [3.63, 3.8) is 0 Å². The van der Waals surface area contributed by atoms with E-state index in [0.29, 0.717) is 0 Å². The molecular weight excluding hydrogens is 341 g/mol. The Bertz CT molecular complexity index is 513. The topological polar surface area (TPSA) is 134 Å². The van der Waals surface area contributed by atoms with Crippen LogP contribution in [-0.4, -0.2) is 38.6 Å². The number of hydrogen-bond donors (Lipinski definition) is 4. The molecule has 1 aromatic carbocycles. The number of carbonyl (C=O) groups excluding carboxylic acids is 1. The van der Waals surface area contributed by atoms with Crippen molar-refractivity contribution in [2.45, 2.75) is 17.0 Å². The van der Waals surface area contributed by atoms with Crippen LogP contribution in [0, 0.1) is 10.1 Å². The highest BCUT2D eigenvalue weighted by molar-refractivity contribution is 6.53. The summed E-state index contributed by atoms with van der Waals surface area (Å²) in [5.41, 5.74) is 1.56. The first kappa shape index (κ1) is 18.6. The predicted molar refractivity (Wildman–Crippen MR) is 76.4 cm³/mol. The van der Waals surface area contributed by atoms with E-state index in [2.05, 4.69) is 10.2 Å². The molecule has 0 aliphatic rings. The molecule has 1 aromatic rings. The summed E-state index contributed by atoms with van der Waals surface area (Å²) in [5, 5.41) is 31.5. The van der Waals surface area contributed by atoms with Gasteiger partial charge in [-0.2, -0.15) is 0 Å². The van der Waals surface area contributed by atoms with E-state index < -0.39 is 27.8 Å². The molecule has 0 aromatic heterocycles. The number of halogens is 2. The molecular formula is C11H13Cl2N3O6. The van der Waals surface area contributed by atoms with Gasteiger partial charge in [0, 0.05) is 12.1 Å². The number of aliphatic hydroxyl groups excluding tert-OH is 1. The van der Waals surface area contributed by atoms with Crippen LogP contribution in [0.2, 0.25) is 0 Å². The van der Waals surface area contributed by atoms with Crippen molar-refractivity contribution in [2.75, 3.05) is 6.61 Å². The molecule has 0 radical (unpaired) electrons. The SMILES string of the molecule is O=C(N[C@H](CONO)[C@H](O)c1ccc([N+](=O)[O-])cc1)C(Cl)Cl. The van der Waals surface area contributed by atoms with Crippen LogP contribution >= 0.6 is 23.2 Å². The third-order valence-electron chi connectivity index (χ3n) is 2.68. The van der Waals surface area contributed by atoms with Gasteiger partial charge >= 0.3 is 0 Å². The summed E-state index contributed by atoms with van der Waals surface area (Å²) in [6, 6.07) is 4.05. The maximum atomic E-state index is 11.5. The van der Waals surface area contributed by atoms with E-state index in [0.717, 1.165) is 0 Å². The second-order valence-corrected chi connectivity index (χ2v) is 5.21. The first-order chi connectivity index (χ1) is 10.4. The van der Waals surface area contributed by atoms with E-state index in [1.165, 1.54) is 29.9 Å². The van der Waals surface area contributed by atoms with E-state index in [1.54, 1.807) is 0 Å². The molecule has 4 N–H and O–H groups in total. The Morgan fingerprint density at radius 2 is 1.95 bits per heavy atom. The van der Waals surface area contributed by atoms with Gasteiger partial charge < -0.3 is 10.4 Å². The summed E-state index contributed by atoms with van der Waals surface area (Å²) < 4.78 is 0. The van der Waals surface area contributed by atoms with Gasteiger partial charge in [-0.1, -0.05) is 28.8 Å². The summed E-state index contributed by atoms with van der Waals surface area (Å²) in [6.45, 7) is -0.319. The molecule has 0 saturated carbocycles. The van der Waals surface area contributed by atoms with Crippen LogP contribution in [0.1, 0.15) is 11.7 Å². The molecule has 9 nitrogen and oxygen atoms in total. The number of hydrogen-bond acceptors (Lipinski definition) is 7. The highest BCUT2D eigenvalue weighted by Gasteiger charge is 2.26. The zero-order chi connectivity index (χ0) is 16.7. The number of alkyl halides is 2. The van der Waals surface area contributed by atoms with Crippen LogP contribution in [0.4, 0.5) is 5.69 Å². The van der Waals surface area contributed by atoms with Crippen molar-refractivity contribution in [1.82, 2.24) is 11.0 Å². The average Bonchev–Trinajstić information content (AvgIpc) is 2.50. The zero-order valence-corrected chi connectivity index (χ0v) is 12.5. The van der Waals surface area contributed by atoms with Crippen LogP contribution in [0.3, 0.4) is 0 Å². The molecule has 0 aliphatic carbocycles. The van der Waals surface area contributed by atoms with E-state index in [4.69, 9.17) is 28.4 Å². The monoisotopic (exact) mass is 353 g/mol. The number of nitrogens with one attached hydrogen (secondary N) is 2. The fourth-order valence-electron chi connectivity index (χ4n) is 1.61. The van der Waals surface area contributed by atoms with Crippen LogP contribution in [0.5, 0.6) is 0 Å². The summed E-state index contributed by atoms with van der Waals surface area (Å²) >= 11 is 10.8. The second-order valence-electron chi connectivity index (χ2n) is 4.11. The van der Waals surface area contributed by atoms with E-state index in [9.17, 15) is 20.0 Å². The van der Waals surface area contributed by atoms with Gasteiger partial charge in [0.25, 0.3) is 11.6 Å². The molecule has 0 spiro atoms. The molecule has 11 heteroatoms. The first-order valence-corrected chi connectivity index (χ1v) is 6.76. The Hall–Kier alpha value is -1.49. The Balaban J connectivity index is 2.87. The summed E-state index contributed by atoms with van der Waals surface area (Å²) in [6.07, 6.45) is -1.27. The van der Waals surface area contributed by atoms with Crippen LogP contribution in [0.15, 0.2) is 24.3 Å². The fourth-order valence-corrected chi connectivity index (χ4v) is 1.74. The third kappa shape index (κ3) is 5.37.